The topological polar surface area (TPSA) is 60.1 Å². The molecule has 0 amide bonds. The summed E-state index contributed by atoms with van der Waals surface area (Å²) in [5.41, 5.74) is 2.27. The summed E-state index contributed by atoms with van der Waals surface area (Å²) in [7, 11) is 0. The Morgan fingerprint density at radius 3 is 2.83 bits per heavy atom. The van der Waals surface area contributed by atoms with E-state index >= 15 is 0 Å². The molecular formula is C17H15ClN4O. The third kappa shape index (κ3) is 2.00. The SMILES string of the molecule is CCC1(c2nccn3ccnc23)CCc2nc(Cl)ccc2C1=O. The van der Waals surface area contributed by atoms with Gasteiger partial charge in [-0.2, -0.15) is 0 Å². The maximum atomic E-state index is 13.3. The number of nitrogens with zero attached hydrogens (tertiary/aromatic N) is 4. The van der Waals surface area contributed by atoms with Crippen molar-refractivity contribution >= 4 is 23.0 Å². The van der Waals surface area contributed by atoms with E-state index in [0.717, 1.165) is 17.0 Å². The lowest BCUT2D eigenvalue weighted by atomic mass is 9.68. The molecule has 0 spiro atoms. The zero-order chi connectivity index (χ0) is 16.0. The van der Waals surface area contributed by atoms with Gasteiger partial charge in [-0.25, -0.2) is 9.97 Å². The van der Waals surface area contributed by atoms with E-state index in [2.05, 4.69) is 15.0 Å². The Morgan fingerprint density at radius 2 is 2.04 bits per heavy atom. The highest BCUT2D eigenvalue weighted by atomic mass is 35.5. The Bertz CT molecular complexity index is 920. The number of rotatable bonds is 2. The summed E-state index contributed by atoms with van der Waals surface area (Å²) >= 11 is 5.96. The fraction of sp³-hybridized carbons (Fsp3) is 0.294. The second-order valence-corrected chi connectivity index (χ2v) is 6.21. The molecule has 1 aliphatic carbocycles. The van der Waals surface area contributed by atoms with Crippen molar-refractivity contribution in [3.63, 3.8) is 0 Å². The van der Waals surface area contributed by atoms with E-state index < -0.39 is 5.41 Å². The molecule has 3 aromatic heterocycles. The molecule has 23 heavy (non-hydrogen) atoms. The maximum Gasteiger partial charge on any atom is 0.176 e. The van der Waals surface area contributed by atoms with Crippen LogP contribution in [0.15, 0.2) is 36.9 Å². The predicted molar refractivity (Wildman–Crippen MR) is 86.9 cm³/mol. The summed E-state index contributed by atoms with van der Waals surface area (Å²) in [4.78, 5) is 26.5. The van der Waals surface area contributed by atoms with Crippen LogP contribution in [0.25, 0.3) is 5.65 Å². The Labute approximate surface area is 138 Å². The van der Waals surface area contributed by atoms with Crippen LogP contribution < -0.4 is 0 Å². The van der Waals surface area contributed by atoms with Gasteiger partial charge in [0.2, 0.25) is 0 Å². The van der Waals surface area contributed by atoms with Gasteiger partial charge in [0.1, 0.15) is 5.15 Å². The predicted octanol–water partition coefficient (Wildman–Crippen LogP) is 3.25. The molecule has 0 N–H and O–H groups in total. The first-order valence-corrected chi connectivity index (χ1v) is 8.02. The summed E-state index contributed by atoms with van der Waals surface area (Å²) < 4.78 is 1.91. The van der Waals surface area contributed by atoms with Crippen LogP contribution in [-0.4, -0.2) is 25.1 Å². The van der Waals surface area contributed by atoms with Gasteiger partial charge in [0.15, 0.2) is 11.4 Å². The van der Waals surface area contributed by atoms with Gasteiger partial charge >= 0.3 is 0 Å². The van der Waals surface area contributed by atoms with E-state index in [1.807, 2.05) is 23.7 Å². The molecule has 0 aromatic carbocycles. The highest BCUT2D eigenvalue weighted by molar-refractivity contribution is 6.29. The third-order valence-corrected chi connectivity index (χ3v) is 4.99. The second kappa shape index (κ2) is 5.13. The number of hydrogen-bond donors (Lipinski definition) is 0. The Kier molecular flexibility index (Phi) is 3.20. The minimum absolute atomic E-state index is 0.0639. The van der Waals surface area contributed by atoms with Crippen molar-refractivity contribution in [1.29, 1.82) is 0 Å². The van der Waals surface area contributed by atoms with Gasteiger partial charge in [0, 0.05) is 30.4 Å². The number of fused-ring (bicyclic) bond motifs is 2. The molecule has 0 bridgehead atoms. The average molecular weight is 327 g/mol. The van der Waals surface area contributed by atoms with E-state index in [1.54, 1.807) is 24.5 Å². The number of hydrogen-bond acceptors (Lipinski definition) is 4. The first-order chi connectivity index (χ1) is 11.2. The highest BCUT2D eigenvalue weighted by Crippen LogP contribution is 2.41. The van der Waals surface area contributed by atoms with Crippen LogP contribution >= 0.6 is 11.6 Å². The minimum atomic E-state index is -0.656. The monoisotopic (exact) mass is 326 g/mol. The number of ketones is 1. The van der Waals surface area contributed by atoms with Crippen molar-refractivity contribution in [2.45, 2.75) is 31.6 Å². The van der Waals surface area contributed by atoms with Crippen LogP contribution in [-0.2, 0) is 11.8 Å². The van der Waals surface area contributed by atoms with Gasteiger partial charge < -0.3 is 4.40 Å². The zero-order valence-corrected chi connectivity index (χ0v) is 13.4. The summed E-state index contributed by atoms with van der Waals surface area (Å²) in [5, 5.41) is 0.425. The van der Waals surface area contributed by atoms with Crippen molar-refractivity contribution in [3.05, 3.63) is 59.0 Å². The van der Waals surface area contributed by atoms with Gasteiger partial charge in [0.05, 0.1) is 16.8 Å². The number of aromatic nitrogens is 4. The molecule has 0 radical (unpaired) electrons. The molecule has 3 aromatic rings. The fourth-order valence-corrected chi connectivity index (χ4v) is 3.66. The molecule has 1 atom stereocenters. The van der Waals surface area contributed by atoms with Gasteiger partial charge in [-0.05, 0) is 31.4 Å². The lowest BCUT2D eigenvalue weighted by molar-refractivity contribution is 0.0850. The molecule has 0 fully saturated rings. The van der Waals surface area contributed by atoms with Crippen molar-refractivity contribution in [2.75, 3.05) is 0 Å². The molecule has 0 saturated heterocycles. The summed E-state index contributed by atoms with van der Waals surface area (Å²) in [5.74, 6) is 0.0639. The summed E-state index contributed by atoms with van der Waals surface area (Å²) in [6.45, 7) is 2.03. The zero-order valence-electron chi connectivity index (χ0n) is 12.7. The largest absolute Gasteiger partial charge is 0.304 e. The Balaban J connectivity index is 1.93. The number of carbonyl (C=O) groups excluding carboxylic acids is 1. The summed E-state index contributed by atoms with van der Waals surface area (Å²) in [6.07, 6.45) is 9.22. The number of aryl methyl sites for hydroxylation is 1. The Morgan fingerprint density at radius 1 is 1.26 bits per heavy atom. The average Bonchev–Trinajstić information content (AvgIpc) is 3.04. The molecule has 5 nitrogen and oxygen atoms in total. The summed E-state index contributed by atoms with van der Waals surface area (Å²) in [6, 6.07) is 3.45. The van der Waals surface area contributed by atoms with E-state index in [9.17, 15) is 4.79 Å². The molecule has 0 saturated carbocycles. The first-order valence-electron chi connectivity index (χ1n) is 7.64. The van der Waals surface area contributed by atoms with Crippen molar-refractivity contribution in [3.8, 4) is 0 Å². The fourth-order valence-electron chi connectivity index (χ4n) is 3.50. The van der Waals surface area contributed by atoms with E-state index in [0.29, 0.717) is 30.0 Å². The van der Waals surface area contributed by atoms with Crippen LogP contribution in [0.3, 0.4) is 0 Å². The van der Waals surface area contributed by atoms with E-state index in [4.69, 9.17) is 11.6 Å². The van der Waals surface area contributed by atoms with E-state index in [-0.39, 0.29) is 5.78 Å². The van der Waals surface area contributed by atoms with Crippen LogP contribution in [0.2, 0.25) is 5.15 Å². The van der Waals surface area contributed by atoms with Crippen LogP contribution in [0, 0.1) is 0 Å². The second-order valence-electron chi connectivity index (χ2n) is 5.83. The standard InChI is InChI=1S/C17H15ClN4O/c1-2-17(14-16-20-8-10-22(16)9-7-19-14)6-5-12-11(15(17)23)3-4-13(18)21-12/h3-4,7-10H,2,5-6H2,1H3. The van der Waals surface area contributed by atoms with Crippen LogP contribution in [0.4, 0.5) is 0 Å². The van der Waals surface area contributed by atoms with Gasteiger partial charge in [-0.3, -0.25) is 9.78 Å². The van der Waals surface area contributed by atoms with E-state index in [1.165, 1.54) is 0 Å². The molecule has 0 aliphatic heterocycles. The number of pyridine rings is 1. The number of halogens is 1. The van der Waals surface area contributed by atoms with Gasteiger partial charge in [-0.1, -0.05) is 18.5 Å². The maximum absolute atomic E-state index is 13.3. The first kappa shape index (κ1) is 14.3. The minimum Gasteiger partial charge on any atom is -0.304 e. The molecule has 1 unspecified atom stereocenters. The molecule has 4 rings (SSSR count). The normalized spacial score (nSPS) is 20.7. The van der Waals surface area contributed by atoms with Gasteiger partial charge in [0.25, 0.3) is 0 Å². The smallest absolute Gasteiger partial charge is 0.176 e. The van der Waals surface area contributed by atoms with Gasteiger partial charge in [-0.15, -0.1) is 0 Å². The number of carbonyl (C=O) groups is 1. The van der Waals surface area contributed by atoms with Crippen LogP contribution in [0.1, 0.15) is 41.5 Å². The molecule has 6 heteroatoms. The molecule has 3 heterocycles. The number of imidazole rings is 1. The quantitative estimate of drug-likeness (QED) is 0.678. The molecule has 116 valence electrons. The Hall–Kier alpha value is -2.27. The van der Waals surface area contributed by atoms with Crippen molar-refractivity contribution in [2.24, 2.45) is 0 Å². The molecular weight excluding hydrogens is 312 g/mol. The third-order valence-electron chi connectivity index (χ3n) is 4.78. The lowest BCUT2D eigenvalue weighted by Crippen LogP contribution is -2.41. The highest BCUT2D eigenvalue weighted by Gasteiger charge is 2.45. The lowest BCUT2D eigenvalue weighted by Gasteiger charge is -2.35. The number of Topliss-reactive ketones (excluding diaryl/α,β-unsaturated/α-hetero) is 1. The van der Waals surface area contributed by atoms with Crippen LogP contribution in [0.5, 0.6) is 0 Å². The molecule has 1 aliphatic rings. The van der Waals surface area contributed by atoms with Crippen molar-refractivity contribution in [1.82, 2.24) is 19.4 Å². The van der Waals surface area contributed by atoms with Crippen molar-refractivity contribution < 1.29 is 4.79 Å².